The average Bonchev–Trinajstić information content (AvgIpc) is 2.24. The van der Waals surface area contributed by atoms with E-state index in [9.17, 15) is 0 Å². The molecule has 0 aliphatic rings. The van der Waals surface area contributed by atoms with Crippen LogP contribution in [-0.4, -0.2) is 26.3 Å². The van der Waals surface area contributed by atoms with Crippen LogP contribution in [0.5, 0.6) is 0 Å². The minimum atomic E-state index is 0.312. The van der Waals surface area contributed by atoms with Crippen molar-refractivity contribution in [1.29, 1.82) is 0 Å². The van der Waals surface area contributed by atoms with E-state index in [1.165, 1.54) is 0 Å². The lowest BCUT2D eigenvalue weighted by Gasteiger charge is -2.17. The molecule has 0 spiro atoms. The number of hydrogen-bond acceptors (Lipinski definition) is 2. The summed E-state index contributed by atoms with van der Waals surface area (Å²) in [6.07, 6.45) is 0.887. The summed E-state index contributed by atoms with van der Waals surface area (Å²) in [7, 11) is 1.71. The van der Waals surface area contributed by atoms with Crippen LogP contribution >= 0.6 is 23.2 Å². The van der Waals surface area contributed by atoms with Gasteiger partial charge in [-0.1, -0.05) is 36.2 Å². The van der Waals surface area contributed by atoms with Gasteiger partial charge in [0.2, 0.25) is 0 Å². The van der Waals surface area contributed by atoms with Crippen molar-refractivity contribution in [2.45, 2.75) is 19.4 Å². The molecule has 1 N–H and O–H groups in total. The van der Waals surface area contributed by atoms with Gasteiger partial charge in [0, 0.05) is 13.2 Å². The van der Waals surface area contributed by atoms with E-state index in [1.54, 1.807) is 7.11 Å². The number of hydrogen-bond donors (Lipinski definition) is 1. The lowest BCUT2D eigenvalue weighted by Crippen LogP contribution is -2.34. The summed E-state index contributed by atoms with van der Waals surface area (Å²) in [5, 5.41) is 4.56. The summed E-state index contributed by atoms with van der Waals surface area (Å²) in [6, 6.07) is 6.04. The van der Waals surface area contributed by atoms with Gasteiger partial charge in [-0.2, -0.15) is 0 Å². The van der Waals surface area contributed by atoms with E-state index in [0.29, 0.717) is 22.7 Å². The van der Waals surface area contributed by atoms with Crippen LogP contribution in [0.1, 0.15) is 12.5 Å². The molecule has 1 aromatic carbocycles. The third kappa shape index (κ3) is 4.30. The molecule has 1 rings (SSSR count). The summed E-state index contributed by atoms with van der Waals surface area (Å²) < 4.78 is 5.16. The van der Waals surface area contributed by atoms with Crippen molar-refractivity contribution in [1.82, 2.24) is 5.32 Å². The molecule has 1 unspecified atom stereocenters. The standard InChI is InChI=1S/C12H17Cl2NO/c1-3-15-10(8-16-2)6-9-4-5-11(13)12(14)7-9/h4-5,7,10,15H,3,6,8H2,1-2H3. The SMILES string of the molecule is CCNC(COC)Cc1ccc(Cl)c(Cl)c1. The Morgan fingerprint density at radius 1 is 1.31 bits per heavy atom. The normalized spacial score (nSPS) is 12.8. The van der Waals surface area contributed by atoms with Crippen LogP contribution in [-0.2, 0) is 11.2 Å². The molecule has 0 saturated heterocycles. The number of halogens is 2. The van der Waals surface area contributed by atoms with Crippen LogP contribution < -0.4 is 5.32 Å². The summed E-state index contributed by atoms with van der Waals surface area (Å²) in [5.74, 6) is 0. The van der Waals surface area contributed by atoms with Gasteiger partial charge in [0.1, 0.15) is 0 Å². The molecule has 0 fully saturated rings. The Kier molecular flexibility index (Phi) is 6.14. The molecule has 0 aliphatic carbocycles. The van der Waals surface area contributed by atoms with Crippen LogP contribution in [0.4, 0.5) is 0 Å². The van der Waals surface area contributed by atoms with Crippen LogP contribution in [0.2, 0.25) is 10.0 Å². The van der Waals surface area contributed by atoms with Gasteiger partial charge in [-0.25, -0.2) is 0 Å². The number of ether oxygens (including phenoxy) is 1. The maximum atomic E-state index is 5.97. The summed E-state index contributed by atoms with van der Waals surface area (Å²) in [4.78, 5) is 0. The smallest absolute Gasteiger partial charge is 0.0619 e. The third-order valence-corrected chi connectivity index (χ3v) is 3.07. The highest BCUT2D eigenvalue weighted by Gasteiger charge is 2.09. The maximum absolute atomic E-state index is 5.97. The zero-order valence-electron chi connectivity index (χ0n) is 9.59. The van der Waals surface area contributed by atoms with E-state index >= 15 is 0 Å². The molecule has 90 valence electrons. The van der Waals surface area contributed by atoms with Crippen LogP contribution in [0.15, 0.2) is 18.2 Å². The largest absolute Gasteiger partial charge is 0.383 e. The molecule has 1 atom stereocenters. The second-order valence-corrected chi connectivity index (χ2v) is 4.48. The Morgan fingerprint density at radius 3 is 2.62 bits per heavy atom. The molecule has 4 heteroatoms. The number of methoxy groups -OCH3 is 1. The molecule has 0 heterocycles. The predicted octanol–water partition coefficient (Wildman–Crippen LogP) is 3.16. The van der Waals surface area contributed by atoms with E-state index in [-0.39, 0.29) is 0 Å². The fourth-order valence-corrected chi connectivity index (χ4v) is 1.95. The highest BCUT2D eigenvalue weighted by molar-refractivity contribution is 6.42. The molecule has 0 saturated carbocycles. The molecule has 0 aliphatic heterocycles. The van der Waals surface area contributed by atoms with Crippen molar-refractivity contribution >= 4 is 23.2 Å². The second kappa shape index (κ2) is 7.13. The van der Waals surface area contributed by atoms with E-state index in [1.807, 2.05) is 18.2 Å². The van der Waals surface area contributed by atoms with Crippen molar-refractivity contribution < 1.29 is 4.74 Å². The van der Waals surface area contributed by atoms with Gasteiger partial charge in [0.15, 0.2) is 0 Å². The number of nitrogens with one attached hydrogen (secondary N) is 1. The van der Waals surface area contributed by atoms with Crippen molar-refractivity contribution in [2.24, 2.45) is 0 Å². The summed E-state index contributed by atoms with van der Waals surface area (Å²) in [6.45, 7) is 3.70. The first-order valence-corrected chi connectivity index (χ1v) is 6.09. The molecule has 0 bridgehead atoms. The topological polar surface area (TPSA) is 21.3 Å². The van der Waals surface area contributed by atoms with Gasteiger partial charge < -0.3 is 10.1 Å². The Balaban J connectivity index is 2.65. The Bertz CT molecular complexity index is 325. The Morgan fingerprint density at radius 2 is 2.06 bits per heavy atom. The van der Waals surface area contributed by atoms with E-state index in [4.69, 9.17) is 27.9 Å². The van der Waals surface area contributed by atoms with Crippen molar-refractivity contribution in [2.75, 3.05) is 20.3 Å². The summed E-state index contributed by atoms with van der Waals surface area (Å²) in [5.41, 5.74) is 1.16. The molecule has 1 aromatic rings. The first-order chi connectivity index (χ1) is 7.67. The fraction of sp³-hybridized carbons (Fsp3) is 0.500. The molecule has 0 radical (unpaired) electrons. The van der Waals surface area contributed by atoms with Gasteiger partial charge in [-0.05, 0) is 30.7 Å². The van der Waals surface area contributed by atoms with Crippen LogP contribution in [0, 0.1) is 0 Å². The van der Waals surface area contributed by atoms with Crippen LogP contribution in [0.3, 0.4) is 0 Å². The van der Waals surface area contributed by atoms with Gasteiger partial charge in [-0.3, -0.25) is 0 Å². The summed E-state index contributed by atoms with van der Waals surface area (Å²) >= 11 is 11.8. The van der Waals surface area contributed by atoms with E-state index in [0.717, 1.165) is 18.5 Å². The zero-order chi connectivity index (χ0) is 12.0. The van der Waals surface area contributed by atoms with Crippen LogP contribution in [0.25, 0.3) is 0 Å². The Labute approximate surface area is 107 Å². The second-order valence-electron chi connectivity index (χ2n) is 3.66. The third-order valence-electron chi connectivity index (χ3n) is 2.33. The van der Waals surface area contributed by atoms with E-state index < -0.39 is 0 Å². The van der Waals surface area contributed by atoms with Gasteiger partial charge >= 0.3 is 0 Å². The molecule has 16 heavy (non-hydrogen) atoms. The molecule has 0 aromatic heterocycles. The van der Waals surface area contributed by atoms with Crippen molar-refractivity contribution in [3.05, 3.63) is 33.8 Å². The first kappa shape index (κ1) is 13.8. The van der Waals surface area contributed by atoms with Gasteiger partial charge in [0.25, 0.3) is 0 Å². The highest BCUT2D eigenvalue weighted by atomic mass is 35.5. The molecule has 2 nitrogen and oxygen atoms in total. The zero-order valence-corrected chi connectivity index (χ0v) is 11.1. The van der Waals surface area contributed by atoms with Crippen molar-refractivity contribution in [3.63, 3.8) is 0 Å². The minimum absolute atomic E-state index is 0.312. The number of likely N-dealkylation sites (N-methyl/N-ethyl adjacent to an activating group) is 1. The highest BCUT2D eigenvalue weighted by Crippen LogP contribution is 2.23. The van der Waals surface area contributed by atoms with Gasteiger partial charge in [-0.15, -0.1) is 0 Å². The van der Waals surface area contributed by atoms with E-state index in [2.05, 4.69) is 12.2 Å². The molecular weight excluding hydrogens is 245 g/mol. The number of benzene rings is 1. The molecular formula is C12H17Cl2NO. The van der Waals surface area contributed by atoms with Gasteiger partial charge in [0.05, 0.1) is 16.7 Å². The lowest BCUT2D eigenvalue weighted by molar-refractivity contribution is 0.167. The lowest BCUT2D eigenvalue weighted by atomic mass is 10.1. The molecule has 0 amide bonds. The number of rotatable bonds is 6. The Hall–Kier alpha value is -0.280. The predicted molar refractivity (Wildman–Crippen MR) is 69.5 cm³/mol. The first-order valence-electron chi connectivity index (χ1n) is 5.33. The fourth-order valence-electron chi connectivity index (χ4n) is 1.63. The monoisotopic (exact) mass is 261 g/mol. The quantitative estimate of drug-likeness (QED) is 0.850. The minimum Gasteiger partial charge on any atom is -0.383 e. The average molecular weight is 262 g/mol. The maximum Gasteiger partial charge on any atom is 0.0619 e. The van der Waals surface area contributed by atoms with Crippen molar-refractivity contribution in [3.8, 4) is 0 Å².